The van der Waals surface area contributed by atoms with Crippen molar-refractivity contribution in [3.63, 3.8) is 0 Å². The van der Waals surface area contributed by atoms with E-state index < -0.39 is 0 Å². The molecule has 0 aliphatic carbocycles. The first-order chi connectivity index (χ1) is 9.97. The minimum Gasteiger partial charge on any atom is -0.369 e. The Labute approximate surface area is 136 Å². The van der Waals surface area contributed by atoms with Crippen LogP contribution in [0.25, 0.3) is 0 Å². The topological polar surface area (TPSA) is 28.2 Å². The molecule has 0 amide bonds. The summed E-state index contributed by atoms with van der Waals surface area (Å²) >= 11 is 7.86. The van der Waals surface area contributed by atoms with Crippen LogP contribution in [-0.2, 0) is 13.1 Å². The maximum absolute atomic E-state index is 6.15. The Morgan fingerprint density at radius 2 is 2.14 bits per heavy atom. The fourth-order valence-corrected chi connectivity index (χ4v) is 3.18. The second kappa shape index (κ2) is 7.25. The zero-order valence-electron chi connectivity index (χ0n) is 13.0. The van der Waals surface area contributed by atoms with E-state index in [-0.39, 0.29) is 0 Å². The maximum atomic E-state index is 6.15. The van der Waals surface area contributed by atoms with Gasteiger partial charge in [-0.25, -0.2) is 4.98 Å². The van der Waals surface area contributed by atoms with E-state index in [1.54, 1.807) is 11.3 Å². The summed E-state index contributed by atoms with van der Waals surface area (Å²) in [5, 5.41) is 4.24. The largest absolute Gasteiger partial charge is 0.369 e. The van der Waals surface area contributed by atoms with Gasteiger partial charge in [0.05, 0.1) is 17.7 Å². The molecule has 0 saturated heterocycles. The molecule has 0 aliphatic rings. The molecule has 0 atom stereocenters. The quantitative estimate of drug-likeness (QED) is 0.861. The summed E-state index contributed by atoms with van der Waals surface area (Å²) in [4.78, 5) is 7.88. The smallest absolute Gasteiger partial charge is 0.0798 e. The number of benzene rings is 1. The van der Waals surface area contributed by atoms with Crippen molar-refractivity contribution in [2.24, 2.45) is 0 Å². The number of thiazole rings is 1. The summed E-state index contributed by atoms with van der Waals surface area (Å²) in [5.74, 6) is 0. The molecule has 3 nitrogen and oxygen atoms in total. The lowest BCUT2D eigenvalue weighted by Gasteiger charge is -2.23. The lowest BCUT2D eigenvalue weighted by molar-refractivity contribution is 0.588. The van der Waals surface area contributed by atoms with E-state index in [1.165, 1.54) is 16.1 Å². The predicted molar refractivity (Wildman–Crippen MR) is 92.4 cm³/mol. The highest BCUT2D eigenvalue weighted by Gasteiger charge is 2.11. The Morgan fingerprint density at radius 3 is 2.76 bits per heavy atom. The first kappa shape index (κ1) is 16.3. The van der Waals surface area contributed by atoms with E-state index in [0.29, 0.717) is 6.04 Å². The van der Waals surface area contributed by atoms with Gasteiger partial charge in [-0.05, 0) is 30.7 Å². The third-order valence-electron chi connectivity index (χ3n) is 3.38. The molecular weight excluding hydrogens is 302 g/mol. The average Bonchev–Trinajstić information content (AvgIpc) is 2.82. The number of nitrogens with zero attached hydrogens (tertiary/aromatic N) is 2. The van der Waals surface area contributed by atoms with Crippen molar-refractivity contribution in [1.29, 1.82) is 0 Å². The lowest BCUT2D eigenvalue weighted by Crippen LogP contribution is -2.24. The highest BCUT2D eigenvalue weighted by atomic mass is 35.5. The number of halogens is 1. The van der Waals surface area contributed by atoms with Gasteiger partial charge in [0.1, 0.15) is 0 Å². The molecule has 1 aromatic heterocycles. The molecule has 0 unspecified atom stereocenters. The van der Waals surface area contributed by atoms with Crippen LogP contribution >= 0.6 is 22.9 Å². The zero-order chi connectivity index (χ0) is 15.4. The number of anilines is 1. The van der Waals surface area contributed by atoms with Crippen LogP contribution in [0.2, 0.25) is 5.02 Å². The SMILES string of the molecule is Cc1ncsc1CN(C)c1ccc(Cl)cc1CNC(C)C. The van der Waals surface area contributed by atoms with Gasteiger partial charge in [-0.3, -0.25) is 0 Å². The third kappa shape index (κ3) is 4.43. The first-order valence-electron chi connectivity index (χ1n) is 7.09. The first-order valence-corrected chi connectivity index (χ1v) is 8.35. The van der Waals surface area contributed by atoms with E-state index in [4.69, 9.17) is 11.6 Å². The van der Waals surface area contributed by atoms with Crippen LogP contribution in [-0.4, -0.2) is 18.1 Å². The van der Waals surface area contributed by atoms with Crippen molar-refractivity contribution < 1.29 is 0 Å². The highest BCUT2D eigenvalue weighted by molar-refractivity contribution is 7.09. The van der Waals surface area contributed by atoms with E-state index in [2.05, 4.69) is 49.1 Å². The lowest BCUT2D eigenvalue weighted by atomic mass is 10.1. The van der Waals surface area contributed by atoms with Gasteiger partial charge >= 0.3 is 0 Å². The Balaban J connectivity index is 2.19. The van der Waals surface area contributed by atoms with Crippen LogP contribution < -0.4 is 10.2 Å². The van der Waals surface area contributed by atoms with Gasteiger partial charge in [0.25, 0.3) is 0 Å². The predicted octanol–water partition coefficient (Wildman–Crippen LogP) is 4.24. The average molecular weight is 324 g/mol. The summed E-state index contributed by atoms with van der Waals surface area (Å²) in [6.45, 7) is 8.04. The second-order valence-electron chi connectivity index (χ2n) is 5.53. The van der Waals surface area contributed by atoms with E-state index in [9.17, 15) is 0 Å². The van der Waals surface area contributed by atoms with Crippen LogP contribution in [0.4, 0.5) is 5.69 Å². The molecule has 0 bridgehead atoms. The highest BCUT2D eigenvalue weighted by Crippen LogP contribution is 2.26. The summed E-state index contributed by atoms with van der Waals surface area (Å²) < 4.78 is 0. The molecule has 114 valence electrons. The second-order valence-corrected chi connectivity index (χ2v) is 6.90. The summed E-state index contributed by atoms with van der Waals surface area (Å²) in [6.07, 6.45) is 0. The number of hydrogen-bond donors (Lipinski definition) is 1. The number of nitrogens with one attached hydrogen (secondary N) is 1. The molecule has 1 N–H and O–H groups in total. The Morgan fingerprint density at radius 1 is 1.38 bits per heavy atom. The maximum Gasteiger partial charge on any atom is 0.0798 e. The molecule has 0 fully saturated rings. The third-order valence-corrected chi connectivity index (χ3v) is 4.53. The number of rotatable bonds is 6. The fraction of sp³-hybridized carbons (Fsp3) is 0.438. The Kier molecular flexibility index (Phi) is 5.62. The zero-order valence-corrected chi connectivity index (χ0v) is 14.6. The van der Waals surface area contributed by atoms with Crippen LogP contribution in [0, 0.1) is 6.92 Å². The van der Waals surface area contributed by atoms with Crippen LogP contribution in [0.3, 0.4) is 0 Å². The molecule has 1 heterocycles. The molecule has 2 rings (SSSR count). The van der Waals surface area contributed by atoms with Gasteiger partial charge in [-0.2, -0.15) is 0 Å². The Bertz CT molecular complexity index is 595. The minimum absolute atomic E-state index is 0.450. The van der Waals surface area contributed by atoms with E-state index >= 15 is 0 Å². The van der Waals surface area contributed by atoms with Crippen molar-refractivity contribution >= 4 is 28.6 Å². The molecule has 5 heteroatoms. The van der Waals surface area contributed by atoms with Crippen molar-refractivity contribution in [1.82, 2.24) is 10.3 Å². The van der Waals surface area contributed by atoms with E-state index in [0.717, 1.165) is 23.8 Å². The molecule has 2 aromatic rings. The Hall–Kier alpha value is -1.10. The fourth-order valence-electron chi connectivity index (χ4n) is 2.16. The van der Waals surface area contributed by atoms with Crippen molar-refractivity contribution in [2.45, 2.75) is 39.9 Å². The molecule has 0 radical (unpaired) electrons. The summed E-state index contributed by atoms with van der Waals surface area (Å²) in [6, 6.07) is 6.54. The molecule has 0 saturated carbocycles. The van der Waals surface area contributed by atoms with Gasteiger partial charge in [0.15, 0.2) is 0 Å². The number of aryl methyl sites for hydroxylation is 1. The molecular formula is C16H22ClN3S. The van der Waals surface area contributed by atoms with Crippen molar-refractivity contribution in [3.8, 4) is 0 Å². The molecule has 0 spiro atoms. The molecule has 0 aliphatic heterocycles. The van der Waals surface area contributed by atoms with Crippen molar-refractivity contribution in [3.05, 3.63) is 44.9 Å². The van der Waals surface area contributed by atoms with Gasteiger partial charge in [0, 0.05) is 35.2 Å². The standard InChI is InChI=1S/C16H22ClN3S/c1-11(2)18-8-13-7-14(17)5-6-15(13)20(4)9-16-12(3)19-10-21-16/h5-7,10-11,18H,8-9H2,1-4H3. The molecule has 1 aromatic carbocycles. The van der Waals surface area contributed by atoms with E-state index in [1.807, 2.05) is 17.6 Å². The van der Waals surface area contributed by atoms with Gasteiger partial charge in [0.2, 0.25) is 0 Å². The van der Waals surface area contributed by atoms with Crippen LogP contribution in [0.15, 0.2) is 23.7 Å². The monoisotopic (exact) mass is 323 g/mol. The summed E-state index contributed by atoms with van der Waals surface area (Å²) in [5.41, 5.74) is 5.45. The summed E-state index contributed by atoms with van der Waals surface area (Å²) in [7, 11) is 2.11. The van der Waals surface area contributed by atoms with Crippen LogP contribution in [0.5, 0.6) is 0 Å². The van der Waals surface area contributed by atoms with Crippen LogP contribution in [0.1, 0.15) is 30.0 Å². The van der Waals surface area contributed by atoms with Gasteiger partial charge in [-0.1, -0.05) is 25.4 Å². The number of hydrogen-bond acceptors (Lipinski definition) is 4. The normalized spacial score (nSPS) is 11.1. The van der Waals surface area contributed by atoms with Gasteiger partial charge in [-0.15, -0.1) is 11.3 Å². The number of aromatic nitrogens is 1. The minimum atomic E-state index is 0.450. The molecule has 21 heavy (non-hydrogen) atoms. The van der Waals surface area contributed by atoms with Crippen molar-refractivity contribution in [2.75, 3.05) is 11.9 Å². The van der Waals surface area contributed by atoms with Gasteiger partial charge < -0.3 is 10.2 Å².